The molecule has 3 N–H and O–H groups in total. The number of urea groups is 1. The number of rotatable bonds is 0. The molecule has 0 saturated carbocycles. The van der Waals surface area contributed by atoms with Crippen molar-refractivity contribution in [3.63, 3.8) is 0 Å². The van der Waals surface area contributed by atoms with Gasteiger partial charge in [0.2, 0.25) is 0 Å². The van der Waals surface area contributed by atoms with Gasteiger partial charge in [0.05, 0.1) is 0 Å². The first kappa shape index (κ1) is 17.0. The summed E-state index contributed by atoms with van der Waals surface area (Å²) in [5.41, 5.74) is 6.15. The largest absolute Gasteiger partial charge is 2.00 e. The first-order chi connectivity index (χ1) is 3.63. The Balaban J connectivity index is -0.0000000163. The van der Waals surface area contributed by atoms with E-state index in [0.29, 0.717) is 0 Å². The van der Waals surface area contributed by atoms with E-state index in [-0.39, 0.29) is 66.5 Å². The number of hydrogen-bond acceptors (Lipinski definition) is 3. The molecule has 7 heteroatoms. The van der Waals surface area contributed by atoms with Crippen molar-refractivity contribution in [1.29, 1.82) is 0 Å². The molecule has 5 nitrogen and oxygen atoms in total. The van der Waals surface area contributed by atoms with Crippen molar-refractivity contribution in [1.82, 2.24) is 5.48 Å². The Morgan fingerprint density at radius 1 is 1.60 bits per heavy atom. The number of primary amides is 1. The van der Waals surface area contributed by atoms with Crippen LogP contribution in [0.4, 0.5) is 4.79 Å². The first-order valence-electron chi connectivity index (χ1n) is 1.86. The summed E-state index contributed by atoms with van der Waals surface area (Å²) in [5.74, 6) is -0.608. The van der Waals surface area contributed by atoms with Gasteiger partial charge in [-0.15, -0.1) is 0 Å². The summed E-state index contributed by atoms with van der Waals surface area (Å²) in [6.45, 7) is 1.15. The third-order valence-electron chi connectivity index (χ3n) is 0.295. The van der Waals surface area contributed by atoms with E-state index in [1.54, 1.807) is 5.48 Å². The predicted molar refractivity (Wildman–Crippen MR) is 40.4 cm³/mol. The van der Waals surface area contributed by atoms with Crippen molar-refractivity contribution in [3.8, 4) is 0 Å². The smallest absolute Gasteiger partial charge is 1.00 e. The fraction of sp³-hybridized carbons (Fsp3) is 0.333. The Labute approximate surface area is 110 Å². The zero-order valence-electron chi connectivity index (χ0n) is 9.72. The van der Waals surface area contributed by atoms with Crippen LogP contribution in [-0.2, 0) is 9.63 Å². The molecule has 0 rings (SSSR count). The van der Waals surface area contributed by atoms with Gasteiger partial charge >= 0.3 is 72.8 Å². The third-order valence-corrected chi connectivity index (χ3v) is 0.295. The van der Waals surface area contributed by atoms with Crippen LogP contribution in [-0.4, -0.2) is 72.8 Å². The van der Waals surface area contributed by atoms with E-state index in [4.69, 9.17) is 0 Å². The normalized spacial score (nSPS) is 6.10. The number of carbonyl (C=O) groups is 2. The maximum Gasteiger partial charge on any atom is 2.00 e. The molecular formula is C3H10CaMgN2O3. The molecule has 0 bridgehead atoms. The van der Waals surface area contributed by atoms with Crippen LogP contribution in [0.25, 0.3) is 0 Å². The van der Waals surface area contributed by atoms with E-state index in [1.165, 1.54) is 0 Å². The molecule has 0 saturated heterocycles. The predicted octanol–water partition coefficient (Wildman–Crippen LogP) is -1.18. The number of hydroxylamine groups is 1. The summed E-state index contributed by atoms with van der Waals surface area (Å²) in [6.07, 6.45) is 0. The van der Waals surface area contributed by atoms with Crippen molar-refractivity contribution in [2.24, 2.45) is 5.73 Å². The summed E-state index contributed by atoms with van der Waals surface area (Å²) < 4.78 is 0. The average Bonchev–Trinajstić information content (AvgIpc) is 1.61. The Hall–Kier alpha value is 0.766. The van der Waals surface area contributed by atoms with Gasteiger partial charge in [-0.25, -0.2) is 4.79 Å². The van der Waals surface area contributed by atoms with Gasteiger partial charge in [-0.1, -0.05) is 0 Å². The van der Waals surface area contributed by atoms with Crippen LogP contribution in [0.1, 0.15) is 12.6 Å². The Kier molecular flexibility index (Phi) is 16.6. The van der Waals surface area contributed by atoms with Gasteiger partial charge in [0, 0.05) is 6.92 Å². The second-order valence-corrected chi connectivity index (χ2v) is 1.06. The standard InChI is InChI=1S/C3H6N2O3.Ca.Mg.4H/c1-2(6)8-5-3(4)7;;;;;;/h1H3,(H3,4,5,7);;;;;;/q;2*+2;4*-1. The molecule has 0 aliphatic rings. The molecule has 0 aromatic rings. The molecule has 54 valence electrons. The molecule has 0 fully saturated rings. The topological polar surface area (TPSA) is 81.4 Å². The van der Waals surface area contributed by atoms with Gasteiger partial charge in [0.1, 0.15) is 0 Å². The number of carbonyl (C=O) groups excluding carboxylic acids is 2. The van der Waals surface area contributed by atoms with E-state index >= 15 is 0 Å². The molecule has 0 aromatic carbocycles. The average molecular weight is 187 g/mol. The minimum Gasteiger partial charge on any atom is -1.00 e. The maximum atomic E-state index is 9.86. The Morgan fingerprint density at radius 2 is 2.00 bits per heavy atom. The van der Waals surface area contributed by atoms with Gasteiger partial charge < -0.3 is 16.3 Å². The van der Waals surface area contributed by atoms with Gasteiger partial charge in [-0.05, 0) is 0 Å². The van der Waals surface area contributed by atoms with Crippen molar-refractivity contribution in [2.45, 2.75) is 6.92 Å². The second kappa shape index (κ2) is 9.77. The summed E-state index contributed by atoms with van der Waals surface area (Å²) >= 11 is 0. The zero-order chi connectivity index (χ0) is 6.57. The number of nitrogens with two attached hydrogens (primary N) is 1. The molecule has 0 aliphatic heterocycles. The Bertz CT molecular complexity index is 118. The van der Waals surface area contributed by atoms with E-state index in [0.717, 1.165) is 6.92 Å². The number of nitrogens with one attached hydrogen (secondary N) is 1. The molecule has 0 aliphatic carbocycles. The van der Waals surface area contributed by atoms with Gasteiger partial charge in [0.25, 0.3) is 0 Å². The van der Waals surface area contributed by atoms with Gasteiger partial charge in [-0.3, -0.25) is 4.79 Å². The summed E-state index contributed by atoms with van der Waals surface area (Å²) in [4.78, 5) is 23.5. The molecule has 10 heavy (non-hydrogen) atoms. The zero-order valence-corrected chi connectivity index (χ0v) is 9.34. The number of hydrogen-bond donors (Lipinski definition) is 2. The molecular weight excluding hydrogens is 176 g/mol. The second-order valence-electron chi connectivity index (χ2n) is 1.06. The fourth-order valence-electron chi connectivity index (χ4n) is 0.122. The van der Waals surface area contributed by atoms with Crippen LogP contribution in [0.15, 0.2) is 0 Å². The summed E-state index contributed by atoms with van der Waals surface area (Å²) in [7, 11) is 0. The molecule has 0 atom stereocenters. The molecule has 2 amide bonds. The third kappa shape index (κ3) is 15.9. The summed E-state index contributed by atoms with van der Waals surface area (Å²) in [5, 5.41) is 0. The van der Waals surface area contributed by atoms with E-state index in [2.05, 4.69) is 10.6 Å². The van der Waals surface area contributed by atoms with Crippen LogP contribution in [0.5, 0.6) is 0 Å². The fourth-order valence-corrected chi connectivity index (χ4v) is 0.122. The van der Waals surface area contributed by atoms with Crippen LogP contribution < -0.4 is 11.2 Å². The molecule has 0 heterocycles. The van der Waals surface area contributed by atoms with E-state index < -0.39 is 12.0 Å². The first-order valence-corrected chi connectivity index (χ1v) is 1.86. The van der Waals surface area contributed by atoms with E-state index in [1.807, 2.05) is 0 Å². The molecule has 0 unspecified atom stereocenters. The van der Waals surface area contributed by atoms with Crippen LogP contribution >= 0.6 is 0 Å². The van der Waals surface area contributed by atoms with Gasteiger partial charge in [0.15, 0.2) is 0 Å². The Morgan fingerprint density at radius 3 is 2.10 bits per heavy atom. The minimum absolute atomic E-state index is 0. The summed E-state index contributed by atoms with van der Waals surface area (Å²) in [6, 6.07) is -0.889. The molecule has 0 spiro atoms. The van der Waals surface area contributed by atoms with Crippen LogP contribution in [0, 0.1) is 0 Å². The van der Waals surface area contributed by atoms with Crippen LogP contribution in [0.3, 0.4) is 0 Å². The monoisotopic (exact) mass is 186 g/mol. The maximum absolute atomic E-state index is 9.86. The van der Waals surface area contributed by atoms with Crippen molar-refractivity contribution < 1.29 is 20.1 Å². The number of amides is 2. The van der Waals surface area contributed by atoms with E-state index in [9.17, 15) is 9.59 Å². The van der Waals surface area contributed by atoms with Crippen molar-refractivity contribution in [2.75, 3.05) is 0 Å². The van der Waals surface area contributed by atoms with Crippen LogP contribution in [0.2, 0.25) is 0 Å². The molecule has 0 aromatic heterocycles. The van der Waals surface area contributed by atoms with Crippen molar-refractivity contribution in [3.05, 3.63) is 0 Å². The molecule has 0 radical (unpaired) electrons. The van der Waals surface area contributed by atoms with Gasteiger partial charge in [-0.2, -0.15) is 5.48 Å². The van der Waals surface area contributed by atoms with Crippen molar-refractivity contribution >= 4 is 72.8 Å². The minimum atomic E-state index is -0.889. The quantitative estimate of drug-likeness (QED) is 0.369. The SMILES string of the molecule is CC(=O)ONC(N)=O.[Ca+2].[H-].[H-].[H-].[H-].[Mg+2].